The molecule has 2 nitrogen and oxygen atoms in total. The number of unbranched alkanes of at least 4 members (excludes halogenated alkanes) is 4. The quantitative estimate of drug-likeness (QED) is 0.708. The van der Waals surface area contributed by atoms with Gasteiger partial charge in [-0.2, -0.15) is 0 Å². The predicted molar refractivity (Wildman–Crippen MR) is 88.7 cm³/mol. The van der Waals surface area contributed by atoms with Gasteiger partial charge in [0.1, 0.15) is 11.5 Å². The van der Waals surface area contributed by atoms with Gasteiger partial charge in [0.25, 0.3) is 0 Å². The van der Waals surface area contributed by atoms with Gasteiger partial charge < -0.3 is 10.2 Å². The lowest BCUT2D eigenvalue weighted by atomic mass is 10.0. The summed E-state index contributed by atoms with van der Waals surface area (Å²) in [5, 5.41) is 18.1. The third-order valence-corrected chi connectivity index (χ3v) is 3.30. The Bertz CT molecular complexity index is 480. The molecule has 2 rings (SSSR count). The first-order valence-electron chi connectivity index (χ1n) is 7.75. The number of benzene rings is 2. The number of aryl methyl sites for hydroxylation is 1. The minimum Gasteiger partial charge on any atom is -0.508 e. The molecule has 2 heteroatoms. The van der Waals surface area contributed by atoms with Crippen molar-refractivity contribution in [3.05, 3.63) is 60.2 Å². The van der Waals surface area contributed by atoms with Crippen LogP contribution in [0.15, 0.2) is 54.6 Å². The molecule has 0 saturated heterocycles. The van der Waals surface area contributed by atoms with Gasteiger partial charge >= 0.3 is 0 Å². The van der Waals surface area contributed by atoms with Crippen LogP contribution in [-0.2, 0) is 6.42 Å². The summed E-state index contributed by atoms with van der Waals surface area (Å²) in [6, 6.07) is 16.3. The molecule has 21 heavy (non-hydrogen) atoms. The van der Waals surface area contributed by atoms with E-state index in [1.807, 2.05) is 24.3 Å². The second-order valence-electron chi connectivity index (χ2n) is 5.13. The van der Waals surface area contributed by atoms with Gasteiger partial charge in [0.05, 0.1) is 0 Å². The zero-order chi connectivity index (χ0) is 15.3. The molecule has 0 heterocycles. The fourth-order valence-electron chi connectivity index (χ4n) is 2.07. The van der Waals surface area contributed by atoms with Crippen LogP contribution in [0.4, 0.5) is 0 Å². The number of phenols is 2. The van der Waals surface area contributed by atoms with E-state index in [-0.39, 0.29) is 0 Å². The van der Waals surface area contributed by atoms with Crippen LogP contribution >= 0.6 is 0 Å². The largest absolute Gasteiger partial charge is 0.508 e. The van der Waals surface area contributed by atoms with Gasteiger partial charge in [-0.1, -0.05) is 69.0 Å². The van der Waals surface area contributed by atoms with Crippen LogP contribution < -0.4 is 0 Å². The molecule has 2 N–H and O–H groups in total. The van der Waals surface area contributed by atoms with E-state index in [0.717, 1.165) is 12.0 Å². The van der Waals surface area contributed by atoms with Crippen LogP contribution in [0.5, 0.6) is 11.5 Å². The summed E-state index contributed by atoms with van der Waals surface area (Å²) in [6.07, 6.45) is 7.43. The number of phenolic OH excluding ortho intramolecular Hbond substituents is 2. The standard InChI is InChI=1S/C13H20O.C6H6O/c1-2-3-4-5-6-9-12-10-7-8-11-13(12)14;7-6-4-2-1-3-5-6/h7-8,10-11,14H,2-6,9H2,1H3;1-5,7H. The first-order valence-corrected chi connectivity index (χ1v) is 7.75. The summed E-state index contributed by atoms with van der Waals surface area (Å²) < 4.78 is 0. The van der Waals surface area contributed by atoms with Gasteiger partial charge in [-0.25, -0.2) is 0 Å². The third-order valence-electron chi connectivity index (χ3n) is 3.30. The minimum absolute atomic E-state index is 0.322. The van der Waals surface area contributed by atoms with Crippen molar-refractivity contribution < 1.29 is 10.2 Å². The van der Waals surface area contributed by atoms with Crippen molar-refractivity contribution in [3.8, 4) is 11.5 Å². The minimum atomic E-state index is 0.322. The number of para-hydroxylation sites is 2. The molecular weight excluding hydrogens is 260 g/mol. The van der Waals surface area contributed by atoms with Crippen LogP contribution in [0.2, 0.25) is 0 Å². The fourth-order valence-corrected chi connectivity index (χ4v) is 2.07. The molecule has 0 fully saturated rings. The number of hydrogen-bond acceptors (Lipinski definition) is 2. The molecule has 0 aromatic heterocycles. The average molecular weight is 286 g/mol. The second kappa shape index (κ2) is 10.8. The lowest BCUT2D eigenvalue weighted by molar-refractivity contribution is 0.466. The van der Waals surface area contributed by atoms with E-state index < -0.39 is 0 Å². The highest BCUT2D eigenvalue weighted by atomic mass is 16.3. The van der Waals surface area contributed by atoms with E-state index in [1.165, 1.54) is 32.1 Å². The molecule has 0 radical (unpaired) electrons. The van der Waals surface area contributed by atoms with E-state index in [1.54, 1.807) is 30.3 Å². The molecule has 114 valence electrons. The maximum Gasteiger partial charge on any atom is 0.118 e. The van der Waals surface area contributed by atoms with Crippen molar-refractivity contribution in [3.63, 3.8) is 0 Å². The van der Waals surface area contributed by atoms with E-state index in [2.05, 4.69) is 6.92 Å². The van der Waals surface area contributed by atoms with Crippen molar-refractivity contribution in [1.29, 1.82) is 0 Å². The number of rotatable bonds is 6. The van der Waals surface area contributed by atoms with E-state index >= 15 is 0 Å². The molecule has 0 unspecified atom stereocenters. The van der Waals surface area contributed by atoms with Gasteiger partial charge in [0, 0.05) is 0 Å². The van der Waals surface area contributed by atoms with E-state index in [4.69, 9.17) is 5.11 Å². The lowest BCUT2D eigenvalue weighted by Crippen LogP contribution is -1.86. The number of hydrogen-bond donors (Lipinski definition) is 2. The SMILES string of the molecule is CCCCCCCc1ccccc1O.Oc1ccccc1. The molecule has 0 atom stereocenters. The monoisotopic (exact) mass is 286 g/mol. The maximum atomic E-state index is 9.51. The molecule has 0 spiro atoms. The fraction of sp³-hybridized carbons (Fsp3) is 0.368. The van der Waals surface area contributed by atoms with Gasteiger partial charge in [-0.05, 0) is 36.6 Å². The molecule has 2 aromatic carbocycles. The van der Waals surface area contributed by atoms with Crippen molar-refractivity contribution in [2.75, 3.05) is 0 Å². The highest BCUT2D eigenvalue weighted by Crippen LogP contribution is 2.18. The predicted octanol–water partition coefficient (Wildman–Crippen LogP) is 5.30. The van der Waals surface area contributed by atoms with Crippen molar-refractivity contribution in [1.82, 2.24) is 0 Å². The second-order valence-corrected chi connectivity index (χ2v) is 5.13. The molecule has 0 amide bonds. The maximum absolute atomic E-state index is 9.51. The van der Waals surface area contributed by atoms with Gasteiger partial charge in [0.15, 0.2) is 0 Å². The van der Waals surface area contributed by atoms with Crippen molar-refractivity contribution in [2.24, 2.45) is 0 Å². The smallest absolute Gasteiger partial charge is 0.118 e. The summed E-state index contributed by atoms with van der Waals surface area (Å²) in [7, 11) is 0. The van der Waals surface area contributed by atoms with E-state index in [0.29, 0.717) is 11.5 Å². The molecule has 0 aliphatic rings. The zero-order valence-electron chi connectivity index (χ0n) is 12.8. The highest BCUT2D eigenvalue weighted by molar-refractivity contribution is 5.31. The summed E-state index contributed by atoms with van der Waals surface area (Å²) >= 11 is 0. The van der Waals surface area contributed by atoms with Crippen LogP contribution in [-0.4, -0.2) is 10.2 Å². The first kappa shape index (κ1) is 17.1. The Morgan fingerprint density at radius 2 is 1.33 bits per heavy atom. The molecule has 0 bridgehead atoms. The van der Waals surface area contributed by atoms with Gasteiger partial charge in [-0.3, -0.25) is 0 Å². The Hall–Kier alpha value is -1.96. The molecule has 0 aliphatic carbocycles. The lowest BCUT2D eigenvalue weighted by Gasteiger charge is -2.03. The Balaban J connectivity index is 0.000000262. The zero-order valence-corrected chi connectivity index (χ0v) is 12.8. The summed E-state index contributed by atoms with van der Waals surface area (Å²) in [5.74, 6) is 0.769. The Kier molecular flexibility index (Phi) is 8.78. The summed E-state index contributed by atoms with van der Waals surface area (Å²) in [5.41, 5.74) is 1.09. The van der Waals surface area contributed by atoms with E-state index in [9.17, 15) is 5.11 Å². The topological polar surface area (TPSA) is 40.5 Å². The average Bonchev–Trinajstić information content (AvgIpc) is 2.50. The summed E-state index contributed by atoms with van der Waals surface area (Å²) in [6.45, 7) is 2.23. The Morgan fingerprint density at radius 1 is 0.714 bits per heavy atom. The molecule has 0 aliphatic heterocycles. The van der Waals surface area contributed by atoms with Crippen LogP contribution in [0, 0.1) is 0 Å². The van der Waals surface area contributed by atoms with Gasteiger partial charge in [0.2, 0.25) is 0 Å². The first-order chi connectivity index (χ1) is 10.2. The van der Waals surface area contributed by atoms with Crippen molar-refractivity contribution >= 4 is 0 Å². The Morgan fingerprint density at radius 3 is 1.90 bits per heavy atom. The van der Waals surface area contributed by atoms with Crippen LogP contribution in [0.25, 0.3) is 0 Å². The van der Waals surface area contributed by atoms with Gasteiger partial charge in [-0.15, -0.1) is 0 Å². The summed E-state index contributed by atoms with van der Waals surface area (Å²) in [4.78, 5) is 0. The Labute approximate surface area is 128 Å². The molecular formula is C19H26O2. The molecule has 2 aromatic rings. The van der Waals surface area contributed by atoms with Crippen LogP contribution in [0.1, 0.15) is 44.6 Å². The molecule has 0 saturated carbocycles. The van der Waals surface area contributed by atoms with Crippen molar-refractivity contribution in [2.45, 2.75) is 45.4 Å². The number of aromatic hydroxyl groups is 2. The highest BCUT2D eigenvalue weighted by Gasteiger charge is 1.98. The normalized spacial score (nSPS) is 9.76. The van der Waals surface area contributed by atoms with Crippen LogP contribution in [0.3, 0.4) is 0 Å². The third kappa shape index (κ3) is 8.03.